The molecular weight excluding hydrogens is 423 g/mol. The Bertz CT molecular complexity index is 1320. The number of hydrogen-bond acceptors (Lipinski definition) is 2. The summed E-state index contributed by atoms with van der Waals surface area (Å²) in [5, 5.41) is 18.4. The Labute approximate surface area is 200 Å². The van der Waals surface area contributed by atoms with Crippen molar-refractivity contribution in [3.8, 4) is 5.69 Å². The van der Waals surface area contributed by atoms with Gasteiger partial charge in [-0.25, -0.2) is 9.07 Å². The first-order chi connectivity index (χ1) is 16.6. The second-order valence-corrected chi connectivity index (χ2v) is 9.37. The van der Waals surface area contributed by atoms with E-state index >= 15 is 0 Å². The molecule has 4 aromatic rings. The zero-order valence-electron chi connectivity index (χ0n) is 19.8. The van der Waals surface area contributed by atoms with Crippen molar-refractivity contribution in [2.24, 2.45) is 11.8 Å². The molecule has 3 atom stereocenters. The van der Waals surface area contributed by atoms with E-state index in [9.17, 15) is 9.50 Å². The van der Waals surface area contributed by atoms with E-state index in [4.69, 9.17) is 0 Å². The summed E-state index contributed by atoms with van der Waals surface area (Å²) in [6.07, 6.45) is 7.59. The van der Waals surface area contributed by atoms with Crippen molar-refractivity contribution in [2.45, 2.75) is 45.6 Å². The van der Waals surface area contributed by atoms with E-state index in [-0.39, 0.29) is 17.7 Å². The van der Waals surface area contributed by atoms with E-state index in [1.165, 1.54) is 23.3 Å². The molecule has 0 radical (unpaired) electrons. The summed E-state index contributed by atoms with van der Waals surface area (Å²) in [5.41, 5.74) is 5.43. The molecule has 1 aromatic heterocycles. The molecule has 0 amide bonds. The minimum absolute atomic E-state index is 0.151. The zero-order chi connectivity index (χ0) is 23.7. The summed E-state index contributed by atoms with van der Waals surface area (Å²) in [5.74, 6) is 0.139. The van der Waals surface area contributed by atoms with Crippen LogP contribution in [-0.2, 0) is 6.42 Å². The molecule has 1 heterocycles. The number of rotatable bonds is 5. The standard InChI is InChI=1S/C30H31FN2O/c1-3-21-19-32-33(25-16-14-24(31)15-17-25)29(21)18-23-10-7-12-26(20(23)2)30(34)28-13-6-9-22-8-4-5-11-27(22)28/h4-6,8-9,11,13-20,26,30,34H,3,7,10,12H2,1-2H3/b23-18-/t20-,26+,30-/m1/s1. The Kier molecular flexibility index (Phi) is 6.34. The van der Waals surface area contributed by atoms with Gasteiger partial charge >= 0.3 is 0 Å². The van der Waals surface area contributed by atoms with Gasteiger partial charge in [0.05, 0.1) is 23.7 Å². The first-order valence-corrected chi connectivity index (χ1v) is 12.3. The number of hydrogen-bond donors (Lipinski definition) is 1. The third kappa shape index (κ3) is 4.19. The molecule has 34 heavy (non-hydrogen) atoms. The summed E-state index contributed by atoms with van der Waals surface area (Å²) in [6, 6.07) is 21.0. The smallest absolute Gasteiger partial charge is 0.123 e. The van der Waals surface area contributed by atoms with E-state index in [0.717, 1.165) is 53.4 Å². The maximum atomic E-state index is 13.5. The van der Waals surface area contributed by atoms with E-state index in [1.807, 2.05) is 29.1 Å². The molecule has 1 N–H and O–H groups in total. The van der Waals surface area contributed by atoms with Gasteiger partial charge < -0.3 is 5.11 Å². The van der Waals surface area contributed by atoms with Crippen LogP contribution >= 0.6 is 0 Å². The van der Waals surface area contributed by atoms with Crippen LogP contribution < -0.4 is 0 Å². The molecule has 1 aliphatic carbocycles. The fourth-order valence-corrected chi connectivity index (χ4v) is 5.45. The van der Waals surface area contributed by atoms with Crippen LogP contribution in [0, 0.1) is 17.7 Å². The molecule has 0 saturated heterocycles. The molecule has 4 heteroatoms. The number of aliphatic hydroxyl groups excluding tert-OH is 1. The number of benzene rings is 3. The van der Waals surface area contributed by atoms with Gasteiger partial charge in [0.2, 0.25) is 0 Å². The second kappa shape index (κ2) is 9.55. The van der Waals surface area contributed by atoms with Crippen molar-refractivity contribution in [1.82, 2.24) is 9.78 Å². The average molecular weight is 455 g/mol. The van der Waals surface area contributed by atoms with Crippen molar-refractivity contribution in [3.05, 3.63) is 101 Å². The Morgan fingerprint density at radius 3 is 2.65 bits per heavy atom. The summed E-state index contributed by atoms with van der Waals surface area (Å²) in [7, 11) is 0. The van der Waals surface area contributed by atoms with E-state index in [0.29, 0.717) is 0 Å². The molecule has 3 nitrogen and oxygen atoms in total. The summed E-state index contributed by atoms with van der Waals surface area (Å²) in [6.45, 7) is 4.37. The molecule has 3 aromatic carbocycles. The largest absolute Gasteiger partial charge is 0.388 e. The second-order valence-electron chi connectivity index (χ2n) is 9.37. The monoisotopic (exact) mass is 454 g/mol. The van der Waals surface area contributed by atoms with Gasteiger partial charge in [-0.2, -0.15) is 5.10 Å². The van der Waals surface area contributed by atoms with Gasteiger partial charge in [0.25, 0.3) is 0 Å². The van der Waals surface area contributed by atoms with Crippen molar-refractivity contribution in [2.75, 3.05) is 0 Å². The van der Waals surface area contributed by atoms with E-state index in [1.54, 1.807) is 12.1 Å². The van der Waals surface area contributed by atoms with Crippen LogP contribution in [0.25, 0.3) is 22.5 Å². The van der Waals surface area contributed by atoms with Crippen LogP contribution in [0.5, 0.6) is 0 Å². The normalized spacial score (nSPS) is 20.6. The van der Waals surface area contributed by atoms with Crippen LogP contribution in [0.15, 0.2) is 78.5 Å². The van der Waals surface area contributed by atoms with Crippen molar-refractivity contribution in [3.63, 3.8) is 0 Å². The molecule has 1 aliphatic rings. The average Bonchev–Trinajstić information content (AvgIpc) is 3.27. The van der Waals surface area contributed by atoms with Crippen molar-refractivity contribution in [1.29, 1.82) is 0 Å². The quantitative estimate of drug-likeness (QED) is 0.344. The van der Waals surface area contributed by atoms with Gasteiger partial charge in [-0.1, -0.05) is 61.9 Å². The SMILES string of the molecule is CCc1cnn(-c2ccc(F)cc2)c1/C=C1/CCC[C@H]([C@@H](O)c2cccc3ccccc23)[C@@H]1C. The Morgan fingerprint density at radius 2 is 1.85 bits per heavy atom. The molecule has 0 aliphatic heterocycles. The van der Waals surface area contributed by atoms with Gasteiger partial charge in [-0.3, -0.25) is 0 Å². The minimum Gasteiger partial charge on any atom is -0.388 e. The molecule has 174 valence electrons. The number of aryl methyl sites for hydroxylation is 1. The lowest BCUT2D eigenvalue weighted by molar-refractivity contribution is 0.0713. The molecular formula is C30H31FN2O. The summed E-state index contributed by atoms with van der Waals surface area (Å²) in [4.78, 5) is 0. The minimum atomic E-state index is -0.516. The van der Waals surface area contributed by atoms with Crippen LogP contribution in [0.1, 0.15) is 56.0 Å². The lowest BCUT2D eigenvalue weighted by Crippen LogP contribution is -2.25. The van der Waals surface area contributed by atoms with Gasteiger partial charge in [-0.15, -0.1) is 0 Å². The van der Waals surface area contributed by atoms with Crippen LogP contribution in [0.3, 0.4) is 0 Å². The van der Waals surface area contributed by atoms with Crippen molar-refractivity contribution >= 4 is 16.8 Å². The molecule has 0 spiro atoms. The van der Waals surface area contributed by atoms with Crippen LogP contribution in [0.2, 0.25) is 0 Å². The molecule has 0 unspecified atom stereocenters. The van der Waals surface area contributed by atoms with Gasteiger partial charge in [-0.05, 0) is 89.8 Å². The fourth-order valence-electron chi connectivity index (χ4n) is 5.45. The van der Waals surface area contributed by atoms with Gasteiger partial charge in [0.1, 0.15) is 5.82 Å². The number of allylic oxidation sites excluding steroid dienone is 1. The van der Waals surface area contributed by atoms with Crippen molar-refractivity contribution < 1.29 is 9.50 Å². The number of aliphatic hydroxyl groups is 1. The molecule has 1 saturated carbocycles. The predicted octanol–water partition coefficient (Wildman–Crippen LogP) is 7.28. The fraction of sp³-hybridized carbons (Fsp3) is 0.300. The highest BCUT2D eigenvalue weighted by atomic mass is 19.1. The Morgan fingerprint density at radius 1 is 1.09 bits per heavy atom. The number of aromatic nitrogens is 2. The highest BCUT2D eigenvalue weighted by Crippen LogP contribution is 2.43. The molecule has 0 bridgehead atoms. The maximum Gasteiger partial charge on any atom is 0.123 e. The number of fused-ring (bicyclic) bond motifs is 1. The Balaban J connectivity index is 1.50. The first-order valence-electron chi connectivity index (χ1n) is 12.3. The van der Waals surface area contributed by atoms with Crippen LogP contribution in [-0.4, -0.2) is 14.9 Å². The Hall–Kier alpha value is -3.24. The van der Waals surface area contributed by atoms with E-state index in [2.05, 4.69) is 49.3 Å². The predicted molar refractivity (Wildman–Crippen MR) is 136 cm³/mol. The topological polar surface area (TPSA) is 38.0 Å². The number of halogens is 1. The van der Waals surface area contributed by atoms with Crippen LogP contribution in [0.4, 0.5) is 4.39 Å². The van der Waals surface area contributed by atoms with E-state index < -0.39 is 6.10 Å². The third-order valence-corrected chi connectivity index (χ3v) is 7.44. The van der Waals surface area contributed by atoms with Gasteiger partial charge in [0, 0.05) is 0 Å². The van der Waals surface area contributed by atoms with Gasteiger partial charge in [0.15, 0.2) is 0 Å². The lowest BCUT2D eigenvalue weighted by Gasteiger charge is -2.35. The lowest BCUT2D eigenvalue weighted by atomic mass is 9.72. The third-order valence-electron chi connectivity index (χ3n) is 7.44. The highest BCUT2D eigenvalue weighted by molar-refractivity contribution is 5.86. The summed E-state index contributed by atoms with van der Waals surface area (Å²) >= 11 is 0. The maximum absolute atomic E-state index is 13.5. The number of nitrogens with zero attached hydrogens (tertiary/aromatic N) is 2. The first kappa shape index (κ1) is 22.5. The summed E-state index contributed by atoms with van der Waals surface area (Å²) < 4.78 is 15.4. The highest BCUT2D eigenvalue weighted by Gasteiger charge is 2.32. The zero-order valence-corrected chi connectivity index (χ0v) is 19.8. The molecule has 5 rings (SSSR count). The molecule has 1 fully saturated rings.